The third kappa shape index (κ3) is 2.64. The molecule has 0 spiro atoms. The fourth-order valence-corrected chi connectivity index (χ4v) is 1.77. The van der Waals surface area contributed by atoms with Crippen molar-refractivity contribution in [1.82, 2.24) is 0 Å². The largest absolute Gasteiger partial charge is 0.390 e. The van der Waals surface area contributed by atoms with E-state index in [-0.39, 0.29) is 11.1 Å². The van der Waals surface area contributed by atoms with Crippen LogP contribution in [0.2, 0.25) is 0 Å². The first-order valence-electron chi connectivity index (χ1n) is 5.25. The standard InChI is InChI=1S/C12H14F4O2/c1-7-3-10(12(15,16)6-18)8(2)4-9(7)11(13,14)5-17/h3-4,17-18H,5-6H2,1-2H3. The molecule has 0 atom stereocenters. The van der Waals surface area contributed by atoms with Gasteiger partial charge in [0.1, 0.15) is 13.2 Å². The van der Waals surface area contributed by atoms with E-state index in [2.05, 4.69) is 0 Å². The smallest absolute Gasteiger partial charge is 0.296 e. The van der Waals surface area contributed by atoms with Crippen molar-refractivity contribution in [3.8, 4) is 0 Å². The maximum Gasteiger partial charge on any atom is 0.296 e. The molecule has 0 aliphatic rings. The molecular formula is C12H14F4O2. The van der Waals surface area contributed by atoms with Gasteiger partial charge >= 0.3 is 0 Å². The zero-order valence-corrected chi connectivity index (χ0v) is 9.98. The number of benzene rings is 1. The first-order chi connectivity index (χ1) is 8.15. The van der Waals surface area contributed by atoms with Gasteiger partial charge in [0.2, 0.25) is 0 Å². The van der Waals surface area contributed by atoms with Crippen molar-refractivity contribution in [2.24, 2.45) is 0 Å². The van der Waals surface area contributed by atoms with E-state index in [9.17, 15) is 17.6 Å². The molecule has 0 fully saturated rings. The highest BCUT2D eigenvalue weighted by molar-refractivity contribution is 5.41. The van der Waals surface area contributed by atoms with Gasteiger partial charge in [0.05, 0.1) is 0 Å². The summed E-state index contributed by atoms with van der Waals surface area (Å²) in [5.41, 5.74) is -1.08. The molecule has 1 aromatic rings. The normalized spacial score (nSPS) is 12.9. The van der Waals surface area contributed by atoms with E-state index in [1.165, 1.54) is 13.8 Å². The SMILES string of the molecule is Cc1cc(C(F)(F)CO)c(C)cc1C(F)(F)CO. The van der Waals surface area contributed by atoms with Crippen LogP contribution in [0.1, 0.15) is 22.3 Å². The maximum absolute atomic E-state index is 13.3. The van der Waals surface area contributed by atoms with Crippen molar-refractivity contribution < 1.29 is 27.8 Å². The predicted molar refractivity (Wildman–Crippen MR) is 57.9 cm³/mol. The Balaban J connectivity index is 3.38. The van der Waals surface area contributed by atoms with Gasteiger partial charge in [-0.3, -0.25) is 0 Å². The number of hydrogen-bond acceptors (Lipinski definition) is 2. The second-order valence-corrected chi connectivity index (χ2v) is 4.21. The summed E-state index contributed by atoms with van der Waals surface area (Å²) >= 11 is 0. The minimum absolute atomic E-state index is 0.0530. The molecule has 2 N–H and O–H groups in total. The number of rotatable bonds is 4. The average Bonchev–Trinajstić information content (AvgIpc) is 2.31. The highest BCUT2D eigenvalue weighted by atomic mass is 19.3. The van der Waals surface area contributed by atoms with Crippen molar-refractivity contribution in [1.29, 1.82) is 0 Å². The first kappa shape index (κ1) is 14.9. The topological polar surface area (TPSA) is 40.5 Å². The number of alkyl halides is 4. The molecule has 0 aliphatic heterocycles. The average molecular weight is 266 g/mol. The monoisotopic (exact) mass is 266 g/mol. The first-order valence-corrected chi connectivity index (χ1v) is 5.25. The molecule has 0 amide bonds. The van der Waals surface area contributed by atoms with Crippen LogP contribution in [-0.2, 0) is 11.8 Å². The number of aryl methyl sites for hydroxylation is 2. The van der Waals surface area contributed by atoms with E-state index < -0.39 is 36.2 Å². The second kappa shape index (κ2) is 4.85. The number of aliphatic hydroxyl groups excluding tert-OH is 2. The highest BCUT2D eigenvalue weighted by Gasteiger charge is 2.37. The van der Waals surface area contributed by atoms with Gasteiger partial charge in [0.15, 0.2) is 0 Å². The Bertz CT molecular complexity index is 402. The van der Waals surface area contributed by atoms with Crippen LogP contribution in [0.15, 0.2) is 12.1 Å². The second-order valence-electron chi connectivity index (χ2n) is 4.21. The van der Waals surface area contributed by atoms with Gasteiger partial charge in [-0.2, -0.15) is 17.6 Å². The molecule has 0 aromatic heterocycles. The molecule has 0 bridgehead atoms. The summed E-state index contributed by atoms with van der Waals surface area (Å²) in [4.78, 5) is 0. The van der Waals surface area contributed by atoms with Crippen molar-refractivity contribution in [3.05, 3.63) is 34.4 Å². The van der Waals surface area contributed by atoms with Crippen LogP contribution in [0.4, 0.5) is 17.6 Å². The number of hydrogen-bond donors (Lipinski definition) is 2. The summed E-state index contributed by atoms with van der Waals surface area (Å²) < 4.78 is 53.4. The Labute approximate surface area is 102 Å². The molecule has 0 heterocycles. The Morgan fingerprint density at radius 3 is 1.33 bits per heavy atom. The Morgan fingerprint density at radius 2 is 1.11 bits per heavy atom. The molecule has 0 saturated carbocycles. The van der Waals surface area contributed by atoms with E-state index in [1.54, 1.807) is 0 Å². The Morgan fingerprint density at radius 1 is 0.833 bits per heavy atom. The van der Waals surface area contributed by atoms with Gasteiger partial charge in [-0.1, -0.05) is 0 Å². The van der Waals surface area contributed by atoms with Crippen molar-refractivity contribution in [3.63, 3.8) is 0 Å². The fourth-order valence-electron chi connectivity index (χ4n) is 1.77. The van der Waals surface area contributed by atoms with Crippen LogP contribution < -0.4 is 0 Å². The minimum atomic E-state index is -3.47. The molecule has 0 radical (unpaired) electrons. The molecule has 6 heteroatoms. The predicted octanol–water partition coefficient (Wildman–Crippen LogP) is 2.47. The van der Waals surface area contributed by atoms with Crippen LogP contribution in [0, 0.1) is 13.8 Å². The van der Waals surface area contributed by atoms with Crippen LogP contribution in [0.3, 0.4) is 0 Å². The maximum atomic E-state index is 13.3. The summed E-state index contributed by atoms with van der Waals surface area (Å²) in [5.74, 6) is -6.94. The Hall–Kier alpha value is -1.14. The van der Waals surface area contributed by atoms with E-state index in [0.717, 1.165) is 12.1 Å². The van der Waals surface area contributed by atoms with Crippen molar-refractivity contribution >= 4 is 0 Å². The van der Waals surface area contributed by atoms with E-state index in [0.29, 0.717) is 0 Å². The lowest BCUT2D eigenvalue weighted by molar-refractivity contribution is -0.0595. The number of halogens is 4. The molecule has 18 heavy (non-hydrogen) atoms. The Kier molecular flexibility index (Phi) is 4.02. The van der Waals surface area contributed by atoms with Crippen molar-refractivity contribution in [2.75, 3.05) is 13.2 Å². The van der Waals surface area contributed by atoms with Crippen LogP contribution >= 0.6 is 0 Å². The molecular weight excluding hydrogens is 252 g/mol. The summed E-state index contributed by atoms with van der Waals surface area (Å²) in [6.45, 7) is -0.253. The van der Waals surface area contributed by atoms with Crippen LogP contribution in [-0.4, -0.2) is 23.4 Å². The van der Waals surface area contributed by atoms with E-state index in [1.807, 2.05) is 0 Å². The minimum Gasteiger partial charge on any atom is -0.390 e. The van der Waals surface area contributed by atoms with E-state index in [4.69, 9.17) is 10.2 Å². The molecule has 1 rings (SSSR count). The zero-order valence-electron chi connectivity index (χ0n) is 9.98. The fraction of sp³-hybridized carbons (Fsp3) is 0.500. The van der Waals surface area contributed by atoms with Crippen LogP contribution in [0.25, 0.3) is 0 Å². The summed E-state index contributed by atoms with van der Waals surface area (Å²) in [5, 5.41) is 17.2. The third-order valence-electron chi connectivity index (χ3n) is 2.76. The summed E-state index contributed by atoms with van der Waals surface area (Å²) in [6.07, 6.45) is 0. The lowest BCUT2D eigenvalue weighted by Gasteiger charge is -2.22. The third-order valence-corrected chi connectivity index (χ3v) is 2.76. The van der Waals surface area contributed by atoms with E-state index >= 15 is 0 Å². The number of aliphatic hydroxyl groups is 2. The molecule has 0 aliphatic carbocycles. The molecule has 0 unspecified atom stereocenters. The van der Waals surface area contributed by atoms with Crippen LogP contribution in [0.5, 0.6) is 0 Å². The van der Waals surface area contributed by atoms with Gasteiger partial charge < -0.3 is 10.2 Å². The van der Waals surface area contributed by atoms with Crippen molar-refractivity contribution in [2.45, 2.75) is 25.7 Å². The zero-order chi connectivity index (χ0) is 14.1. The van der Waals surface area contributed by atoms with Gasteiger partial charge in [0, 0.05) is 11.1 Å². The lowest BCUT2D eigenvalue weighted by Crippen LogP contribution is -2.23. The lowest BCUT2D eigenvalue weighted by atomic mass is 9.93. The molecule has 102 valence electrons. The summed E-state index contributed by atoms with van der Waals surface area (Å²) in [7, 11) is 0. The van der Waals surface area contributed by atoms with Gasteiger partial charge in [-0.15, -0.1) is 0 Å². The van der Waals surface area contributed by atoms with Gasteiger partial charge in [-0.25, -0.2) is 0 Å². The quantitative estimate of drug-likeness (QED) is 0.822. The highest BCUT2D eigenvalue weighted by Crippen LogP contribution is 2.36. The molecule has 0 saturated heterocycles. The molecule has 1 aromatic carbocycles. The summed E-state index contributed by atoms with van der Waals surface area (Å²) in [6, 6.07) is 1.84. The van der Waals surface area contributed by atoms with Gasteiger partial charge in [0.25, 0.3) is 11.8 Å². The molecule has 2 nitrogen and oxygen atoms in total. The van der Waals surface area contributed by atoms with Gasteiger partial charge in [-0.05, 0) is 37.1 Å².